The lowest BCUT2D eigenvalue weighted by Crippen LogP contribution is -2.13. The molecule has 0 aromatic heterocycles. The maximum Gasteiger partial charge on any atom is 0.302 e. The highest BCUT2D eigenvalue weighted by atomic mass is 32.2. The lowest BCUT2D eigenvalue weighted by Gasteiger charge is -2.04. The molecule has 1 rings (SSSR count). The minimum absolute atomic E-state index is 0.465. The SMILES string of the molecule is COS(=O)(=O)COc1ccccc1. The Labute approximate surface area is 77.2 Å². The van der Waals surface area contributed by atoms with Crippen molar-refractivity contribution in [2.45, 2.75) is 0 Å². The Bertz CT molecular complexity index is 344. The molecule has 4 nitrogen and oxygen atoms in total. The molecular formula is C8H10O4S. The molecule has 0 aliphatic rings. The van der Waals surface area contributed by atoms with Gasteiger partial charge in [-0.2, -0.15) is 8.42 Å². The first-order chi connectivity index (χ1) is 6.14. The summed E-state index contributed by atoms with van der Waals surface area (Å²) in [5.74, 6) is 0.0381. The number of benzene rings is 1. The van der Waals surface area contributed by atoms with E-state index in [1.807, 2.05) is 6.07 Å². The van der Waals surface area contributed by atoms with Crippen molar-refractivity contribution in [1.29, 1.82) is 0 Å². The third kappa shape index (κ3) is 3.43. The summed E-state index contributed by atoms with van der Waals surface area (Å²) >= 11 is 0. The molecule has 72 valence electrons. The molecule has 0 heterocycles. The van der Waals surface area contributed by atoms with Gasteiger partial charge in [-0.15, -0.1) is 0 Å². The molecule has 0 N–H and O–H groups in total. The normalized spacial score (nSPS) is 11.2. The fourth-order valence-corrected chi connectivity index (χ4v) is 1.08. The summed E-state index contributed by atoms with van der Waals surface area (Å²) in [5, 5.41) is 0. The zero-order valence-corrected chi connectivity index (χ0v) is 7.95. The van der Waals surface area contributed by atoms with Gasteiger partial charge in [0.1, 0.15) is 5.75 Å². The van der Waals surface area contributed by atoms with Gasteiger partial charge in [0.2, 0.25) is 5.94 Å². The summed E-state index contributed by atoms with van der Waals surface area (Å²) in [6, 6.07) is 8.68. The van der Waals surface area contributed by atoms with Gasteiger partial charge in [0, 0.05) is 0 Å². The van der Waals surface area contributed by atoms with Crippen LogP contribution in [-0.2, 0) is 14.3 Å². The summed E-state index contributed by atoms with van der Waals surface area (Å²) in [7, 11) is -2.44. The van der Waals surface area contributed by atoms with E-state index in [4.69, 9.17) is 4.74 Å². The van der Waals surface area contributed by atoms with Crippen LogP contribution >= 0.6 is 0 Å². The number of para-hydroxylation sites is 1. The molecule has 0 aliphatic heterocycles. The largest absolute Gasteiger partial charge is 0.475 e. The Balaban J connectivity index is 2.54. The number of rotatable bonds is 4. The minimum atomic E-state index is -3.54. The van der Waals surface area contributed by atoms with Crippen LogP contribution in [0.3, 0.4) is 0 Å². The van der Waals surface area contributed by atoms with Crippen molar-refractivity contribution >= 4 is 10.1 Å². The predicted molar refractivity (Wildman–Crippen MR) is 47.9 cm³/mol. The van der Waals surface area contributed by atoms with Crippen LogP contribution in [0, 0.1) is 0 Å². The molecule has 0 saturated heterocycles. The van der Waals surface area contributed by atoms with Crippen molar-refractivity contribution in [2.75, 3.05) is 13.0 Å². The molecule has 0 radical (unpaired) electrons. The standard InChI is InChI=1S/C8H10O4S/c1-11-13(9,10)7-12-8-5-3-2-4-6-8/h2-6H,7H2,1H3. The van der Waals surface area contributed by atoms with Crippen LogP contribution < -0.4 is 4.74 Å². The van der Waals surface area contributed by atoms with Gasteiger partial charge in [-0.25, -0.2) is 0 Å². The fraction of sp³-hybridized carbons (Fsp3) is 0.250. The van der Waals surface area contributed by atoms with Gasteiger partial charge in [0.05, 0.1) is 7.11 Å². The molecule has 0 spiro atoms. The van der Waals surface area contributed by atoms with Gasteiger partial charge in [-0.05, 0) is 12.1 Å². The summed E-state index contributed by atoms with van der Waals surface area (Å²) < 4.78 is 30.8. The van der Waals surface area contributed by atoms with E-state index in [1.165, 1.54) is 0 Å². The topological polar surface area (TPSA) is 52.6 Å². The van der Waals surface area contributed by atoms with Gasteiger partial charge in [-0.3, -0.25) is 4.18 Å². The quantitative estimate of drug-likeness (QED) is 0.683. The molecule has 5 heteroatoms. The van der Waals surface area contributed by atoms with Crippen LogP contribution in [0.4, 0.5) is 0 Å². The van der Waals surface area contributed by atoms with Crippen LogP contribution in [0.5, 0.6) is 5.75 Å². The second kappa shape index (κ2) is 4.25. The van der Waals surface area contributed by atoms with Gasteiger partial charge < -0.3 is 4.74 Å². The first-order valence-electron chi connectivity index (χ1n) is 3.60. The van der Waals surface area contributed by atoms with Crippen LogP contribution in [0.1, 0.15) is 0 Å². The van der Waals surface area contributed by atoms with Crippen molar-refractivity contribution in [3.8, 4) is 5.75 Å². The molecule has 0 atom stereocenters. The van der Waals surface area contributed by atoms with Crippen LogP contribution in [-0.4, -0.2) is 21.5 Å². The summed E-state index contributed by atoms with van der Waals surface area (Å²) in [5.41, 5.74) is 0. The zero-order valence-electron chi connectivity index (χ0n) is 7.14. The molecule has 0 aliphatic carbocycles. The van der Waals surface area contributed by atoms with E-state index < -0.39 is 16.1 Å². The van der Waals surface area contributed by atoms with E-state index in [2.05, 4.69) is 4.18 Å². The summed E-state index contributed by atoms with van der Waals surface area (Å²) in [4.78, 5) is 0. The molecule has 0 unspecified atom stereocenters. The summed E-state index contributed by atoms with van der Waals surface area (Å²) in [6.07, 6.45) is 0. The Morgan fingerprint density at radius 1 is 1.23 bits per heavy atom. The maximum absolute atomic E-state index is 10.8. The smallest absolute Gasteiger partial charge is 0.302 e. The monoisotopic (exact) mass is 202 g/mol. The predicted octanol–water partition coefficient (Wildman–Crippen LogP) is 0.999. The molecule has 13 heavy (non-hydrogen) atoms. The Morgan fingerprint density at radius 2 is 1.85 bits per heavy atom. The van der Waals surface area contributed by atoms with Crippen molar-refractivity contribution in [3.63, 3.8) is 0 Å². The average molecular weight is 202 g/mol. The highest BCUT2D eigenvalue weighted by Crippen LogP contribution is 2.09. The average Bonchev–Trinajstić information content (AvgIpc) is 2.17. The van der Waals surface area contributed by atoms with Gasteiger partial charge in [0.25, 0.3) is 0 Å². The molecule has 1 aromatic carbocycles. The maximum atomic E-state index is 10.8. The summed E-state index contributed by atoms with van der Waals surface area (Å²) in [6.45, 7) is 0. The second-order valence-electron chi connectivity index (χ2n) is 2.30. The minimum Gasteiger partial charge on any atom is -0.475 e. The number of ether oxygens (including phenoxy) is 1. The first-order valence-corrected chi connectivity index (χ1v) is 5.18. The second-order valence-corrected chi connectivity index (χ2v) is 3.98. The molecule has 0 fully saturated rings. The van der Waals surface area contributed by atoms with E-state index in [0.29, 0.717) is 5.75 Å². The molecular weight excluding hydrogens is 192 g/mol. The van der Waals surface area contributed by atoms with Crippen molar-refractivity contribution in [3.05, 3.63) is 30.3 Å². The molecule has 0 amide bonds. The molecule has 0 saturated carbocycles. The van der Waals surface area contributed by atoms with Crippen molar-refractivity contribution in [2.24, 2.45) is 0 Å². The van der Waals surface area contributed by atoms with E-state index in [-0.39, 0.29) is 0 Å². The van der Waals surface area contributed by atoms with E-state index in [9.17, 15) is 8.42 Å². The fourth-order valence-electron chi connectivity index (χ4n) is 0.705. The number of hydrogen-bond donors (Lipinski definition) is 0. The Morgan fingerprint density at radius 3 is 2.38 bits per heavy atom. The lowest BCUT2D eigenvalue weighted by molar-refractivity contribution is 0.328. The van der Waals surface area contributed by atoms with Gasteiger partial charge >= 0.3 is 10.1 Å². The zero-order chi connectivity index (χ0) is 9.73. The van der Waals surface area contributed by atoms with Crippen LogP contribution in [0.15, 0.2) is 30.3 Å². The molecule has 1 aromatic rings. The van der Waals surface area contributed by atoms with Gasteiger partial charge in [0.15, 0.2) is 0 Å². The Kier molecular flexibility index (Phi) is 3.27. The van der Waals surface area contributed by atoms with E-state index in [1.54, 1.807) is 24.3 Å². The first kappa shape index (κ1) is 10.0. The van der Waals surface area contributed by atoms with Crippen LogP contribution in [0.25, 0.3) is 0 Å². The van der Waals surface area contributed by atoms with Gasteiger partial charge in [-0.1, -0.05) is 18.2 Å². The Hall–Kier alpha value is -1.07. The van der Waals surface area contributed by atoms with Crippen molar-refractivity contribution < 1.29 is 17.3 Å². The third-order valence-corrected chi connectivity index (χ3v) is 2.28. The van der Waals surface area contributed by atoms with E-state index in [0.717, 1.165) is 7.11 Å². The highest BCUT2D eigenvalue weighted by Gasteiger charge is 2.08. The van der Waals surface area contributed by atoms with E-state index >= 15 is 0 Å². The van der Waals surface area contributed by atoms with Crippen LogP contribution in [0.2, 0.25) is 0 Å². The highest BCUT2D eigenvalue weighted by molar-refractivity contribution is 7.86. The van der Waals surface area contributed by atoms with Crippen molar-refractivity contribution in [1.82, 2.24) is 0 Å². The molecule has 0 bridgehead atoms. The lowest BCUT2D eigenvalue weighted by atomic mass is 10.3. The third-order valence-electron chi connectivity index (χ3n) is 1.37. The number of hydrogen-bond acceptors (Lipinski definition) is 4.